The van der Waals surface area contributed by atoms with E-state index in [0.717, 1.165) is 25.8 Å². The van der Waals surface area contributed by atoms with Crippen LogP contribution in [0.5, 0.6) is 5.75 Å². The minimum atomic E-state index is -1.42. The van der Waals surface area contributed by atoms with Gasteiger partial charge >= 0.3 is 0 Å². The Labute approximate surface area is 204 Å². The second-order valence-electron chi connectivity index (χ2n) is 8.54. The van der Waals surface area contributed by atoms with Gasteiger partial charge in [-0.05, 0) is 57.6 Å². The van der Waals surface area contributed by atoms with Gasteiger partial charge in [-0.25, -0.2) is 14.4 Å². The molecule has 0 radical (unpaired) electrons. The number of rotatable bonds is 8. The van der Waals surface area contributed by atoms with Crippen LogP contribution in [0.25, 0.3) is 11.1 Å². The topological polar surface area (TPSA) is 126 Å². The molecule has 1 saturated heterocycles. The highest BCUT2D eigenvalue weighted by Crippen LogP contribution is 2.28. The summed E-state index contributed by atoms with van der Waals surface area (Å²) < 4.78 is 20.6. The maximum atomic E-state index is 14.8. The van der Waals surface area contributed by atoms with Gasteiger partial charge in [-0.3, -0.25) is 14.7 Å². The number of carbonyl (C=O) groups excluding carboxylic acids is 1. The number of aromatic nitrogens is 3. The summed E-state index contributed by atoms with van der Waals surface area (Å²) in [5, 5.41) is 11.9. The van der Waals surface area contributed by atoms with E-state index in [-0.39, 0.29) is 37.5 Å². The lowest BCUT2D eigenvalue weighted by atomic mass is 10.0. The first-order valence-electron chi connectivity index (χ1n) is 11.6. The Morgan fingerprint density at radius 3 is 2.71 bits per heavy atom. The summed E-state index contributed by atoms with van der Waals surface area (Å²) in [5.74, 6) is 0.475. The Bertz CT molecular complexity index is 1050. The van der Waals surface area contributed by atoms with Crippen molar-refractivity contribution in [1.82, 2.24) is 25.2 Å². The van der Waals surface area contributed by atoms with E-state index in [2.05, 4.69) is 20.3 Å². The lowest BCUT2D eigenvalue weighted by Crippen LogP contribution is -2.49. The van der Waals surface area contributed by atoms with Crippen molar-refractivity contribution < 1.29 is 19.0 Å². The third-order valence-electron chi connectivity index (χ3n) is 5.75. The number of anilines is 1. The van der Waals surface area contributed by atoms with Crippen molar-refractivity contribution in [2.45, 2.75) is 45.0 Å². The van der Waals surface area contributed by atoms with Crippen LogP contribution in [0.2, 0.25) is 0 Å². The number of piperidine rings is 1. The average molecular weight is 485 g/mol. The molecule has 0 aromatic carbocycles. The third-order valence-corrected chi connectivity index (χ3v) is 5.75. The van der Waals surface area contributed by atoms with Crippen molar-refractivity contribution >= 4 is 11.6 Å². The molecular formula is C25H33FN6O3. The van der Waals surface area contributed by atoms with Crippen molar-refractivity contribution in [3.05, 3.63) is 54.4 Å². The number of hydrogen-bond donors (Lipinski definition) is 3. The first kappa shape index (κ1) is 26.2. The van der Waals surface area contributed by atoms with Gasteiger partial charge in [-0.15, -0.1) is 0 Å². The maximum absolute atomic E-state index is 14.8. The predicted molar refractivity (Wildman–Crippen MR) is 132 cm³/mol. The van der Waals surface area contributed by atoms with E-state index in [9.17, 15) is 14.3 Å². The zero-order valence-electron chi connectivity index (χ0n) is 20.2. The van der Waals surface area contributed by atoms with Gasteiger partial charge in [-0.1, -0.05) is 6.42 Å². The molecule has 188 valence electrons. The summed E-state index contributed by atoms with van der Waals surface area (Å²) in [7, 11) is 1.91. The molecule has 10 heteroatoms. The van der Waals surface area contributed by atoms with Gasteiger partial charge in [0.1, 0.15) is 19.0 Å². The summed E-state index contributed by atoms with van der Waals surface area (Å²) in [5.41, 5.74) is 8.28. The van der Waals surface area contributed by atoms with Gasteiger partial charge in [0, 0.05) is 29.2 Å². The Morgan fingerprint density at radius 2 is 2.00 bits per heavy atom. The number of nitrogen functional groups attached to an aromatic ring is 1. The van der Waals surface area contributed by atoms with Crippen molar-refractivity contribution in [3.63, 3.8) is 0 Å². The van der Waals surface area contributed by atoms with Gasteiger partial charge in [0.25, 0.3) is 0 Å². The molecule has 2 aromatic rings. The molecule has 1 fully saturated rings. The number of aryl methyl sites for hydroxylation is 1. The maximum Gasteiger partial charge on any atom is 0.237 e. The van der Waals surface area contributed by atoms with Crippen molar-refractivity contribution in [3.8, 4) is 16.9 Å². The molecular weight excluding hydrogens is 451 g/mol. The molecule has 2 atom stereocenters. The normalized spacial score (nSPS) is 16.7. The van der Waals surface area contributed by atoms with Gasteiger partial charge in [-0.2, -0.15) is 0 Å². The summed E-state index contributed by atoms with van der Waals surface area (Å²) in [6.45, 7) is 1.98. The quantitative estimate of drug-likeness (QED) is 0.521. The van der Waals surface area contributed by atoms with E-state index in [1.54, 1.807) is 36.7 Å². The van der Waals surface area contributed by atoms with Crippen LogP contribution in [-0.2, 0) is 11.4 Å². The minimum absolute atomic E-state index is 0.145. The number of carbonyl (C=O) groups is 1. The van der Waals surface area contributed by atoms with E-state index < -0.39 is 6.17 Å². The fraction of sp³-hybridized carbons (Fsp3) is 0.440. The number of likely N-dealkylation sites (tertiary alicyclic amines) is 1. The molecule has 0 spiro atoms. The zero-order chi connectivity index (χ0) is 25.2. The van der Waals surface area contributed by atoms with E-state index in [1.165, 1.54) is 6.20 Å². The number of likely N-dealkylation sites (N-methyl/N-ethyl adjacent to an activating group) is 1. The molecule has 1 amide bonds. The van der Waals surface area contributed by atoms with Crippen LogP contribution in [0.15, 0.2) is 42.9 Å². The fourth-order valence-electron chi connectivity index (χ4n) is 3.72. The van der Waals surface area contributed by atoms with Gasteiger partial charge in [0.2, 0.25) is 5.91 Å². The molecule has 35 heavy (non-hydrogen) atoms. The number of aliphatic hydroxyl groups excluding tert-OH is 1. The van der Waals surface area contributed by atoms with Crippen molar-refractivity contribution in [2.24, 2.45) is 0 Å². The SMILES string of the molecule is Cc1ccc(-c2cnc(CO)nc2)c(OCC(F)CNC(=O)C2CCCCN2C)ccc(N)cn1. The predicted octanol–water partition coefficient (Wildman–Crippen LogP) is 2.36. The zero-order valence-corrected chi connectivity index (χ0v) is 20.2. The lowest BCUT2D eigenvalue weighted by molar-refractivity contribution is -0.127. The number of aliphatic hydroxyl groups is 1. The molecule has 9 nitrogen and oxygen atoms in total. The molecule has 2 unspecified atom stereocenters. The molecule has 1 aliphatic heterocycles. The number of alkyl halides is 1. The van der Waals surface area contributed by atoms with Gasteiger partial charge in [0.15, 0.2) is 12.0 Å². The van der Waals surface area contributed by atoms with E-state index >= 15 is 0 Å². The van der Waals surface area contributed by atoms with Crippen molar-refractivity contribution in [2.75, 3.05) is 32.5 Å². The second-order valence-corrected chi connectivity index (χ2v) is 8.54. The van der Waals surface area contributed by atoms with Crippen LogP contribution in [0.4, 0.5) is 10.1 Å². The van der Waals surface area contributed by atoms with Crippen molar-refractivity contribution in [1.29, 1.82) is 0 Å². The molecule has 0 bridgehead atoms. The molecule has 0 aliphatic carbocycles. The Morgan fingerprint density at radius 1 is 1.23 bits per heavy atom. The highest BCUT2D eigenvalue weighted by molar-refractivity contribution is 5.81. The first-order valence-corrected chi connectivity index (χ1v) is 11.6. The second kappa shape index (κ2) is 12.9. The fourth-order valence-corrected chi connectivity index (χ4v) is 3.72. The monoisotopic (exact) mass is 484 g/mol. The summed E-state index contributed by atoms with van der Waals surface area (Å²) in [6.07, 6.45) is 6.05. The highest BCUT2D eigenvalue weighted by atomic mass is 19.1. The van der Waals surface area contributed by atoms with Crippen LogP contribution in [0.1, 0.15) is 30.8 Å². The van der Waals surface area contributed by atoms with E-state index in [1.807, 2.05) is 18.9 Å². The molecule has 3 heterocycles. The average Bonchev–Trinajstić information content (AvgIpc) is 2.87. The third kappa shape index (κ3) is 7.83. The van der Waals surface area contributed by atoms with Crippen LogP contribution in [0.3, 0.4) is 0 Å². The number of halogens is 1. The van der Waals surface area contributed by atoms with Crippen LogP contribution in [0, 0.1) is 6.92 Å². The molecule has 3 rings (SSSR count). The van der Waals surface area contributed by atoms with E-state index in [4.69, 9.17) is 10.5 Å². The molecule has 0 saturated carbocycles. The number of amides is 1. The standard InChI is InChI=1S/C25H33FN6O3/c1-17-6-8-21(18-11-29-24(15-33)30-12-18)23(9-7-20(27)14-28-17)35-16-19(26)13-31-25(34)22-5-3-4-10-32(22)2/h6-9,11-12,14,19,22,33H,3-5,10,13,15-16,27H2,1-2H3,(H,31,34). The van der Waals surface area contributed by atoms with Crippen LogP contribution in [-0.4, -0.2) is 69.8 Å². The number of nitrogens with zero attached hydrogens (tertiary/aromatic N) is 4. The van der Waals surface area contributed by atoms with Crippen LogP contribution < -0.4 is 15.8 Å². The largest absolute Gasteiger partial charge is 0.490 e. The highest BCUT2D eigenvalue weighted by Gasteiger charge is 2.26. The summed E-state index contributed by atoms with van der Waals surface area (Å²) >= 11 is 0. The lowest BCUT2D eigenvalue weighted by Gasteiger charge is -2.31. The minimum Gasteiger partial charge on any atom is -0.490 e. The Kier molecular flexibility index (Phi) is 9.68. The van der Waals surface area contributed by atoms with Gasteiger partial charge in [0.05, 0.1) is 24.5 Å². The number of nitrogens with two attached hydrogens (primary N) is 1. The number of nitrogens with one attached hydrogen (secondary N) is 1. The smallest absolute Gasteiger partial charge is 0.237 e. The number of hydrogen-bond acceptors (Lipinski definition) is 8. The summed E-state index contributed by atoms with van der Waals surface area (Å²) in [6, 6.07) is 6.57. The van der Waals surface area contributed by atoms with Crippen LogP contribution >= 0.6 is 0 Å². The Balaban J connectivity index is 1.78. The first-order chi connectivity index (χ1) is 16.9. The Hall–Kier alpha value is -3.37. The van der Waals surface area contributed by atoms with E-state index in [0.29, 0.717) is 28.3 Å². The summed E-state index contributed by atoms with van der Waals surface area (Å²) in [4.78, 5) is 27.0. The molecule has 1 aliphatic rings. The number of ether oxygens (including phenoxy) is 1. The molecule has 2 aromatic heterocycles. The molecule has 4 N–H and O–H groups in total. The van der Waals surface area contributed by atoms with Gasteiger partial charge < -0.3 is 20.9 Å².